The van der Waals surface area contributed by atoms with Gasteiger partial charge in [-0.3, -0.25) is 9.36 Å². The first-order valence-corrected chi connectivity index (χ1v) is 15.4. The van der Waals surface area contributed by atoms with Crippen LogP contribution in [0.1, 0.15) is 15.9 Å². The number of nitrogens with one attached hydrogen (secondary N) is 2. The van der Waals surface area contributed by atoms with Crippen molar-refractivity contribution in [2.24, 2.45) is 5.73 Å². The van der Waals surface area contributed by atoms with Gasteiger partial charge in [0, 0.05) is 25.8 Å². The quantitative estimate of drug-likeness (QED) is 0.0760. The van der Waals surface area contributed by atoms with Gasteiger partial charge in [-0.25, -0.2) is 4.79 Å². The third-order valence-corrected chi connectivity index (χ3v) is 6.36. The van der Waals surface area contributed by atoms with Gasteiger partial charge in [0.2, 0.25) is 0 Å². The number of fused-ring (bicyclic) bond motifs is 1. The first-order chi connectivity index (χ1) is 23.0. The number of anilines is 1. The van der Waals surface area contributed by atoms with E-state index in [1.165, 1.54) is 4.57 Å². The highest BCUT2D eigenvalue weighted by atomic mass is 16.6. The lowest BCUT2D eigenvalue weighted by Gasteiger charge is -2.09. The number of imidazole rings is 1. The molecule has 2 heterocycles. The van der Waals surface area contributed by atoms with Crippen molar-refractivity contribution in [3.05, 3.63) is 45.9 Å². The van der Waals surface area contributed by atoms with E-state index in [1.807, 2.05) is 0 Å². The third kappa shape index (κ3) is 14.3. The molecule has 1 aromatic carbocycles. The van der Waals surface area contributed by atoms with Crippen LogP contribution in [0.3, 0.4) is 0 Å². The number of aromatic amines is 1. The second kappa shape index (κ2) is 22.8. The molecule has 0 aliphatic carbocycles. The summed E-state index contributed by atoms with van der Waals surface area (Å²) in [6.45, 7) is 7.26. The molecule has 0 bridgehead atoms. The number of nitrogens with two attached hydrogens (primary N) is 2. The first kappa shape index (κ1) is 37.8. The van der Waals surface area contributed by atoms with Gasteiger partial charge < -0.3 is 59.7 Å². The Labute approximate surface area is 273 Å². The molecule has 0 radical (unpaired) electrons. The van der Waals surface area contributed by atoms with Gasteiger partial charge in [0.15, 0.2) is 11.5 Å². The van der Waals surface area contributed by atoms with Crippen molar-refractivity contribution in [1.29, 1.82) is 0 Å². The summed E-state index contributed by atoms with van der Waals surface area (Å²) in [5.74, 6) is -0.134. The van der Waals surface area contributed by atoms with Crippen LogP contribution in [0, 0.1) is 0 Å². The lowest BCUT2D eigenvalue weighted by atomic mass is 10.1. The fraction of sp³-hybridized carbons (Fsp3) is 0.600. The molecule has 6 N–H and O–H groups in total. The number of rotatable bonds is 27. The zero-order valence-electron chi connectivity index (χ0n) is 26.9. The molecule has 0 saturated carbocycles. The van der Waals surface area contributed by atoms with Crippen LogP contribution < -0.4 is 27.2 Å². The van der Waals surface area contributed by atoms with Crippen molar-refractivity contribution in [1.82, 2.24) is 24.8 Å². The molecule has 3 aromatic rings. The molecule has 17 heteroatoms. The molecule has 262 valence electrons. The van der Waals surface area contributed by atoms with Crippen molar-refractivity contribution < 1.29 is 42.7 Å². The van der Waals surface area contributed by atoms with Crippen LogP contribution in [0.25, 0.3) is 11.2 Å². The number of amides is 1. The van der Waals surface area contributed by atoms with Crippen molar-refractivity contribution in [3.8, 4) is 6.01 Å². The van der Waals surface area contributed by atoms with E-state index in [-0.39, 0.29) is 30.9 Å². The highest BCUT2D eigenvalue weighted by Gasteiger charge is 2.15. The number of ether oxygens (including phenoxy) is 8. The highest BCUT2D eigenvalue weighted by molar-refractivity contribution is 5.94. The predicted octanol–water partition coefficient (Wildman–Crippen LogP) is -0.437. The Balaban J connectivity index is 1.22. The van der Waals surface area contributed by atoms with E-state index < -0.39 is 5.69 Å². The minimum atomic E-state index is -0.392. The fourth-order valence-electron chi connectivity index (χ4n) is 4.03. The van der Waals surface area contributed by atoms with Crippen molar-refractivity contribution >= 4 is 22.9 Å². The number of H-pyrrole nitrogens is 1. The average molecular weight is 666 g/mol. The number of benzene rings is 1. The Bertz CT molecular complexity index is 1350. The maximum Gasteiger partial charge on any atom is 0.328 e. The zero-order chi connectivity index (χ0) is 33.5. The Hall–Kier alpha value is -3.68. The van der Waals surface area contributed by atoms with Crippen molar-refractivity contribution in [2.45, 2.75) is 6.54 Å². The minimum absolute atomic E-state index is 0.0472. The number of nitrogens with zero attached hydrogens (tertiary/aromatic N) is 3. The molecule has 3 rings (SSSR count). The lowest BCUT2D eigenvalue weighted by molar-refractivity contribution is -0.0162. The van der Waals surface area contributed by atoms with Crippen LogP contribution in [0.5, 0.6) is 6.01 Å². The molecule has 0 atom stereocenters. The summed E-state index contributed by atoms with van der Waals surface area (Å²) in [6, 6.07) is 6.96. The zero-order valence-corrected chi connectivity index (χ0v) is 26.9. The van der Waals surface area contributed by atoms with E-state index >= 15 is 0 Å². The second-order valence-corrected chi connectivity index (χ2v) is 9.86. The molecule has 0 fully saturated rings. The Kier molecular flexibility index (Phi) is 18.3. The van der Waals surface area contributed by atoms with Crippen molar-refractivity contribution in [2.75, 3.05) is 118 Å². The van der Waals surface area contributed by atoms with Crippen LogP contribution in [-0.2, 0) is 39.7 Å². The SMILES string of the molecule is COCCOc1nc(N)c2[nH]c(=O)n(Cc3ccc(C(=O)NCCOCCOCCOCCOCCOCCOCCN)cc3)c2n1. The van der Waals surface area contributed by atoms with Gasteiger partial charge >= 0.3 is 11.7 Å². The Morgan fingerprint density at radius 3 is 1.89 bits per heavy atom. The molecule has 0 spiro atoms. The van der Waals surface area contributed by atoms with Gasteiger partial charge in [0.05, 0.1) is 92.4 Å². The number of carbonyl (C=O) groups is 1. The van der Waals surface area contributed by atoms with E-state index in [1.54, 1.807) is 31.4 Å². The summed E-state index contributed by atoms with van der Waals surface area (Å²) in [4.78, 5) is 36.2. The standard InChI is InChI=1S/C30H47N7O10/c1-40-10-21-47-29-35-26(32)25-27(36-29)37(30(39)34-25)22-23-2-4-24(5-3-23)28(38)33-7-9-42-12-14-44-16-18-46-20-19-45-17-15-43-13-11-41-8-6-31/h2-5H,6-22,31H2,1H3,(H,33,38)(H,34,39)(H2,32,35,36). The van der Waals surface area contributed by atoms with Gasteiger partial charge in [-0.1, -0.05) is 12.1 Å². The normalized spacial score (nSPS) is 11.4. The summed E-state index contributed by atoms with van der Waals surface area (Å²) in [7, 11) is 1.55. The Morgan fingerprint density at radius 2 is 1.34 bits per heavy atom. The fourth-order valence-corrected chi connectivity index (χ4v) is 4.03. The van der Waals surface area contributed by atoms with Gasteiger partial charge in [-0.05, 0) is 17.7 Å². The van der Waals surface area contributed by atoms with E-state index in [0.29, 0.717) is 116 Å². The molecular formula is C30H47N7O10. The molecular weight excluding hydrogens is 618 g/mol. The number of nitrogen functional groups attached to an aromatic ring is 1. The molecule has 17 nitrogen and oxygen atoms in total. The molecule has 0 aliphatic heterocycles. The van der Waals surface area contributed by atoms with E-state index in [4.69, 9.17) is 49.4 Å². The van der Waals surface area contributed by atoms with E-state index in [9.17, 15) is 9.59 Å². The number of hydrogen-bond acceptors (Lipinski definition) is 14. The molecule has 0 unspecified atom stereocenters. The Morgan fingerprint density at radius 1 is 0.787 bits per heavy atom. The number of carbonyl (C=O) groups excluding carboxylic acids is 1. The topological polar surface area (TPSA) is 219 Å². The predicted molar refractivity (Wildman–Crippen MR) is 172 cm³/mol. The van der Waals surface area contributed by atoms with E-state index in [2.05, 4.69) is 20.3 Å². The molecule has 0 saturated heterocycles. The summed E-state index contributed by atoms with van der Waals surface area (Å²) in [5.41, 5.74) is 12.8. The number of hydrogen-bond donors (Lipinski definition) is 4. The molecule has 1 amide bonds. The largest absolute Gasteiger partial charge is 0.461 e. The maximum absolute atomic E-state index is 12.6. The minimum Gasteiger partial charge on any atom is -0.461 e. The summed E-state index contributed by atoms with van der Waals surface area (Å²) < 4.78 is 44.3. The van der Waals surface area contributed by atoms with Crippen LogP contribution in [-0.4, -0.2) is 138 Å². The van der Waals surface area contributed by atoms with Gasteiger partial charge in [0.25, 0.3) is 5.91 Å². The van der Waals surface area contributed by atoms with Crippen LogP contribution >= 0.6 is 0 Å². The molecule has 47 heavy (non-hydrogen) atoms. The number of methoxy groups -OCH3 is 1. The summed E-state index contributed by atoms with van der Waals surface area (Å²) >= 11 is 0. The summed E-state index contributed by atoms with van der Waals surface area (Å²) in [5, 5.41) is 2.82. The first-order valence-electron chi connectivity index (χ1n) is 15.4. The van der Waals surface area contributed by atoms with Crippen LogP contribution in [0.15, 0.2) is 29.1 Å². The number of aromatic nitrogens is 4. The monoisotopic (exact) mass is 665 g/mol. The van der Waals surface area contributed by atoms with E-state index in [0.717, 1.165) is 5.56 Å². The second-order valence-electron chi connectivity index (χ2n) is 9.86. The van der Waals surface area contributed by atoms with Crippen LogP contribution in [0.4, 0.5) is 5.82 Å². The summed E-state index contributed by atoms with van der Waals surface area (Å²) in [6.07, 6.45) is 0. The molecule has 2 aromatic heterocycles. The maximum atomic E-state index is 12.6. The highest BCUT2D eigenvalue weighted by Crippen LogP contribution is 2.18. The van der Waals surface area contributed by atoms with Gasteiger partial charge in [-0.2, -0.15) is 9.97 Å². The van der Waals surface area contributed by atoms with Crippen LogP contribution in [0.2, 0.25) is 0 Å². The van der Waals surface area contributed by atoms with Gasteiger partial charge in [-0.15, -0.1) is 0 Å². The van der Waals surface area contributed by atoms with Gasteiger partial charge in [0.1, 0.15) is 12.1 Å². The third-order valence-electron chi connectivity index (χ3n) is 6.36. The molecule has 0 aliphatic rings. The smallest absolute Gasteiger partial charge is 0.328 e. The average Bonchev–Trinajstić information content (AvgIpc) is 3.39. The lowest BCUT2D eigenvalue weighted by Crippen LogP contribution is -2.27. The van der Waals surface area contributed by atoms with Crippen molar-refractivity contribution in [3.63, 3.8) is 0 Å².